The molecule has 29 nitrogen and oxygen atoms in total. The van der Waals surface area contributed by atoms with E-state index in [4.69, 9.17) is 47.4 Å². The molecule has 5 heterocycles. The highest BCUT2D eigenvalue weighted by Crippen LogP contribution is 2.75. The molecular weight excluding hydrogens is 1200 g/mol. The second-order valence-corrected chi connectivity index (χ2v) is 29.4. The standard InChI is InChI=1S/C61H104O29/c1-24-27(19-62)83-51(46(75)37(24)66)81-23-31-41(70)45(74)50(90-54-49(78)43(72)39(68)29(21-64)85-54)55(87-31)89-36(57(4,5)79)15-17-60(8,80)32-14-16-58(6)33-12-10-25-26(61(33,9)34(65)18-59(32,58)7)11-13-35(56(25,2)3)88-53-48(77)44(73)40(69)30(86-53)22-82-52-47(76)42(71)38(67)28(20-63)84-52/h10,24,26-55,62-80H,11-23H2,1-9H3/t24-,26-,27-,28-,29-,30-,31-,32+,33+,34-,35+,36-,37+,38-,39-,40-,41-,42+,43+,44+,45+,46-,47-,48-,49-,50-,51-,52-,53+,54+,55+,58+,59-,60+,61+/m1/s1. The SMILES string of the molecule is C[C@H]1[C@H](O)[C@@H](O)[C@H](OC[C@H]2O[C@@H](O[C@H](CC[C@](C)(O)[C@H]3CC[C@@]4(C)[C@@H]5CC=C6[C@@H](CC[C@H](O[C@@H]7O[C@H](CO[C@@H]8O[C@H](CO)[C@@H](O)[C@H](O)[C@H]8O)[C@@H](O)[C@H](O)[C@H]7O)C6(C)C)[C@]5(C)[C@H](O)C[C@]34C)C(C)(C)O)[C@H](O[C@@H]3O[C@H](CO)[C@@H](O)[C@H](O)[C@H]3O)[C@@H](O)[C@@H]2O)O[C@@H]1CO. The van der Waals surface area contributed by atoms with Crippen molar-refractivity contribution < 1.29 is 144 Å². The molecule has 5 aliphatic heterocycles. The Kier molecular flexibility index (Phi) is 22.2. The Morgan fingerprint density at radius 2 is 1.00 bits per heavy atom. The van der Waals surface area contributed by atoms with Crippen LogP contribution in [0.15, 0.2) is 11.6 Å². The maximum Gasteiger partial charge on any atom is 0.187 e. The monoisotopic (exact) mass is 1300 g/mol. The van der Waals surface area contributed by atoms with Crippen LogP contribution >= 0.6 is 0 Å². The maximum atomic E-state index is 12.9. The molecule has 3 saturated carbocycles. The molecule has 35 atom stereocenters. The van der Waals surface area contributed by atoms with E-state index in [1.807, 2.05) is 13.8 Å². The quantitative estimate of drug-likeness (QED) is 0.0508. The molecule has 0 bridgehead atoms. The van der Waals surface area contributed by atoms with Gasteiger partial charge in [0.25, 0.3) is 0 Å². The normalized spacial score (nSPS) is 51.7. The van der Waals surface area contributed by atoms with Crippen molar-refractivity contribution in [1.29, 1.82) is 0 Å². The van der Waals surface area contributed by atoms with Gasteiger partial charge in [0.1, 0.15) is 104 Å². The molecule has 29 heteroatoms. The number of allylic oxidation sites excluding steroid dienone is 1. The van der Waals surface area contributed by atoms with Crippen molar-refractivity contribution in [2.45, 2.75) is 291 Å². The molecule has 0 aromatic rings. The lowest BCUT2D eigenvalue weighted by molar-refractivity contribution is -0.380. The lowest BCUT2D eigenvalue weighted by atomic mass is 9.38. The third kappa shape index (κ3) is 13.0. The molecule has 0 spiro atoms. The first-order valence-corrected chi connectivity index (χ1v) is 31.9. The fraction of sp³-hybridized carbons (Fsp3) is 0.967. The van der Waals surface area contributed by atoms with Crippen molar-refractivity contribution >= 4 is 0 Å². The fourth-order valence-corrected chi connectivity index (χ4v) is 17.2. The minimum Gasteiger partial charge on any atom is -0.394 e. The molecular formula is C61H104O29. The predicted octanol–water partition coefficient (Wildman–Crippen LogP) is -5.02. The van der Waals surface area contributed by atoms with E-state index in [0.717, 1.165) is 5.57 Å². The summed E-state index contributed by atoms with van der Waals surface area (Å²) >= 11 is 0. The summed E-state index contributed by atoms with van der Waals surface area (Å²) in [5, 5.41) is 209. The van der Waals surface area contributed by atoms with Gasteiger partial charge in [-0.3, -0.25) is 0 Å². The highest BCUT2D eigenvalue weighted by molar-refractivity contribution is 5.32. The van der Waals surface area contributed by atoms with Gasteiger partial charge < -0.3 is 144 Å². The van der Waals surface area contributed by atoms with Crippen molar-refractivity contribution in [3.63, 3.8) is 0 Å². The number of ether oxygens (including phenoxy) is 10. The molecule has 9 rings (SSSR count). The van der Waals surface area contributed by atoms with E-state index in [0.29, 0.717) is 38.5 Å². The van der Waals surface area contributed by atoms with Crippen LogP contribution in [0, 0.1) is 45.3 Å². The molecule has 0 aromatic heterocycles. The molecule has 0 amide bonds. The third-order valence-electron chi connectivity index (χ3n) is 23.3. The van der Waals surface area contributed by atoms with Gasteiger partial charge in [-0.2, -0.15) is 0 Å². The van der Waals surface area contributed by atoms with Gasteiger partial charge in [-0.15, -0.1) is 0 Å². The average molecular weight is 1300 g/mol. The summed E-state index contributed by atoms with van der Waals surface area (Å²) in [7, 11) is 0. The first-order chi connectivity index (χ1) is 41.9. The number of rotatable bonds is 20. The zero-order chi connectivity index (χ0) is 66.4. The highest BCUT2D eigenvalue weighted by Gasteiger charge is 2.72. The largest absolute Gasteiger partial charge is 0.394 e. The summed E-state index contributed by atoms with van der Waals surface area (Å²) < 4.78 is 59.6. The van der Waals surface area contributed by atoms with Crippen molar-refractivity contribution in [3.8, 4) is 0 Å². The molecule has 8 fully saturated rings. The lowest BCUT2D eigenvalue weighted by Crippen LogP contribution is -2.66. The van der Waals surface area contributed by atoms with E-state index in [2.05, 4.69) is 26.8 Å². The van der Waals surface area contributed by atoms with Gasteiger partial charge in [-0.1, -0.05) is 53.2 Å². The summed E-state index contributed by atoms with van der Waals surface area (Å²) in [5.41, 5.74) is -4.69. The molecule has 5 saturated heterocycles. The molecule has 90 heavy (non-hydrogen) atoms. The van der Waals surface area contributed by atoms with Crippen LogP contribution in [0.5, 0.6) is 0 Å². The zero-order valence-corrected chi connectivity index (χ0v) is 52.7. The fourth-order valence-electron chi connectivity index (χ4n) is 17.2. The van der Waals surface area contributed by atoms with Gasteiger partial charge in [-0.05, 0) is 101 Å². The van der Waals surface area contributed by atoms with Crippen molar-refractivity contribution in [2.24, 2.45) is 45.3 Å². The Balaban J connectivity index is 0.896. The average Bonchev–Trinajstić information content (AvgIpc) is 1.28. The van der Waals surface area contributed by atoms with Crippen LogP contribution in [0.1, 0.15) is 114 Å². The van der Waals surface area contributed by atoms with Gasteiger partial charge in [0.15, 0.2) is 31.5 Å². The summed E-state index contributed by atoms with van der Waals surface area (Å²) in [6.07, 6.45) is -36.6. The summed E-state index contributed by atoms with van der Waals surface area (Å²) in [5.74, 6) is -1.33. The van der Waals surface area contributed by atoms with E-state index in [1.165, 1.54) is 13.8 Å². The minimum absolute atomic E-state index is 0.00600. The van der Waals surface area contributed by atoms with Gasteiger partial charge in [0.2, 0.25) is 0 Å². The van der Waals surface area contributed by atoms with Crippen LogP contribution in [0.2, 0.25) is 0 Å². The molecule has 4 aliphatic carbocycles. The van der Waals surface area contributed by atoms with Crippen LogP contribution in [0.4, 0.5) is 0 Å². The topological polar surface area (TPSA) is 477 Å². The van der Waals surface area contributed by atoms with Gasteiger partial charge >= 0.3 is 0 Å². The van der Waals surface area contributed by atoms with E-state index < -0.39 is 243 Å². The van der Waals surface area contributed by atoms with Crippen molar-refractivity contribution in [2.75, 3.05) is 33.0 Å². The van der Waals surface area contributed by atoms with Crippen LogP contribution in [0.3, 0.4) is 0 Å². The Labute approximate surface area is 523 Å². The summed E-state index contributed by atoms with van der Waals surface area (Å²) in [6.45, 7) is 13.5. The third-order valence-corrected chi connectivity index (χ3v) is 23.3. The van der Waals surface area contributed by atoms with Crippen LogP contribution in [-0.4, -0.2) is 307 Å². The van der Waals surface area contributed by atoms with Crippen LogP contribution in [-0.2, 0) is 47.4 Å². The Morgan fingerprint density at radius 3 is 1.54 bits per heavy atom. The predicted molar refractivity (Wildman–Crippen MR) is 305 cm³/mol. The Bertz CT molecular complexity index is 2390. The molecule has 19 N–H and O–H groups in total. The first kappa shape index (κ1) is 72.8. The summed E-state index contributed by atoms with van der Waals surface area (Å²) in [6, 6.07) is 0. The Hall–Kier alpha value is -1.42. The smallest absolute Gasteiger partial charge is 0.187 e. The number of aliphatic hydroxyl groups is 19. The van der Waals surface area contributed by atoms with Gasteiger partial charge in [-0.25, -0.2) is 0 Å². The number of hydrogen-bond donors (Lipinski definition) is 19. The van der Waals surface area contributed by atoms with Gasteiger partial charge in [0, 0.05) is 16.7 Å². The second kappa shape index (κ2) is 27.5. The van der Waals surface area contributed by atoms with Gasteiger partial charge in [0.05, 0.1) is 74.8 Å². The van der Waals surface area contributed by atoms with E-state index >= 15 is 0 Å². The minimum atomic E-state index is -1.97. The van der Waals surface area contributed by atoms with E-state index in [1.54, 1.807) is 13.8 Å². The maximum absolute atomic E-state index is 12.9. The molecule has 0 radical (unpaired) electrons. The highest BCUT2D eigenvalue weighted by atomic mass is 16.8. The molecule has 522 valence electrons. The van der Waals surface area contributed by atoms with E-state index in [9.17, 15) is 97.0 Å². The van der Waals surface area contributed by atoms with E-state index in [-0.39, 0.29) is 24.7 Å². The van der Waals surface area contributed by atoms with Crippen LogP contribution < -0.4 is 0 Å². The second-order valence-electron chi connectivity index (χ2n) is 29.4. The first-order valence-electron chi connectivity index (χ1n) is 31.9. The zero-order valence-electron chi connectivity index (χ0n) is 52.7. The number of hydrogen-bond acceptors (Lipinski definition) is 29. The van der Waals surface area contributed by atoms with Crippen molar-refractivity contribution in [3.05, 3.63) is 11.6 Å². The van der Waals surface area contributed by atoms with Crippen LogP contribution in [0.25, 0.3) is 0 Å². The Morgan fingerprint density at radius 1 is 0.533 bits per heavy atom. The lowest BCUT2D eigenvalue weighted by Gasteiger charge is -2.68. The molecule has 0 unspecified atom stereocenters. The molecule has 0 aromatic carbocycles. The summed E-state index contributed by atoms with van der Waals surface area (Å²) in [4.78, 5) is 0. The molecule has 9 aliphatic rings. The number of aliphatic hydroxyl groups excluding tert-OH is 17. The van der Waals surface area contributed by atoms with Crippen molar-refractivity contribution in [1.82, 2.24) is 0 Å². The number of fused-ring (bicyclic) bond motifs is 5.